The van der Waals surface area contributed by atoms with Crippen LogP contribution in [0.3, 0.4) is 0 Å². The van der Waals surface area contributed by atoms with E-state index in [4.69, 9.17) is 4.74 Å². The quantitative estimate of drug-likeness (QED) is 0.156. The van der Waals surface area contributed by atoms with E-state index >= 15 is 0 Å². The zero-order chi connectivity index (χ0) is 33.2. The maximum absolute atomic E-state index is 14.6. The van der Waals surface area contributed by atoms with Crippen molar-refractivity contribution in [2.75, 3.05) is 17.5 Å². The summed E-state index contributed by atoms with van der Waals surface area (Å²) in [6.07, 6.45) is 4.17. The molecule has 0 radical (unpaired) electrons. The second-order valence-electron chi connectivity index (χ2n) is 11.6. The molecule has 2 amide bonds. The molecular weight excluding hydrogens is 678 g/mol. The normalized spacial score (nSPS) is 13.9. The third kappa shape index (κ3) is 9.02. The Kier molecular flexibility index (Phi) is 11.7. The standard InChI is InChI=1S/C37H40BrN3O5S/c1-2-46-33-21-19-32(20-22-33)41(47(44,45)34-23-17-30(38)18-24-34)27-36(42)40(26-29-13-7-4-8-14-29)35(25-28-11-5-3-6-12-28)37(43)39-31-15-9-10-16-31/h3-8,11-14,17-24,31,35H,2,9-10,15-16,25-27H2,1H3,(H,39,43)/t35-/m1/s1. The molecule has 0 unspecified atom stereocenters. The fourth-order valence-corrected chi connectivity index (χ4v) is 7.52. The molecule has 1 N–H and O–H groups in total. The van der Waals surface area contributed by atoms with Crippen molar-refractivity contribution in [1.29, 1.82) is 0 Å². The largest absolute Gasteiger partial charge is 0.494 e. The Hall–Kier alpha value is -4.15. The summed E-state index contributed by atoms with van der Waals surface area (Å²) in [5.74, 6) is -0.153. The lowest BCUT2D eigenvalue weighted by Gasteiger charge is -2.34. The summed E-state index contributed by atoms with van der Waals surface area (Å²) in [6, 6.07) is 31.1. The predicted octanol–water partition coefficient (Wildman–Crippen LogP) is 6.74. The number of hydrogen-bond acceptors (Lipinski definition) is 5. The summed E-state index contributed by atoms with van der Waals surface area (Å²) >= 11 is 3.37. The first-order chi connectivity index (χ1) is 22.7. The number of hydrogen-bond donors (Lipinski definition) is 1. The lowest BCUT2D eigenvalue weighted by molar-refractivity contribution is -0.140. The van der Waals surface area contributed by atoms with Gasteiger partial charge in [-0.1, -0.05) is 89.4 Å². The average Bonchev–Trinajstić information content (AvgIpc) is 3.60. The molecule has 1 fully saturated rings. The van der Waals surface area contributed by atoms with Crippen LogP contribution in [0, 0.1) is 0 Å². The Labute approximate surface area is 285 Å². The summed E-state index contributed by atoms with van der Waals surface area (Å²) in [4.78, 5) is 30.3. The van der Waals surface area contributed by atoms with E-state index in [1.807, 2.05) is 67.6 Å². The monoisotopic (exact) mass is 717 g/mol. The molecule has 47 heavy (non-hydrogen) atoms. The predicted molar refractivity (Wildman–Crippen MR) is 188 cm³/mol. The van der Waals surface area contributed by atoms with Gasteiger partial charge in [-0.25, -0.2) is 8.42 Å². The lowest BCUT2D eigenvalue weighted by atomic mass is 10.0. The minimum absolute atomic E-state index is 0.0387. The van der Waals surface area contributed by atoms with Crippen molar-refractivity contribution in [2.24, 2.45) is 0 Å². The minimum Gasteiger partial charge on any atom is -0.494 e. The number of sulfonamides is 1. The number of benzene rings is 4. The molecular formula is C37H40BrN3O5S. The molecule has 1 aliphatic rings. The van der Waals surface area contributed by atoms with Crippen LogP contribution in [0.5, 0.6) is 5.75 Å². The highest BCUT2D eigenvalue weighted by Crippen LogP contribution is 2.28. The van der Waals surface area contributed by atoms with E-state index in [0.717, 1.165) is 45.6 Å². The van der Waals surface area contributed by atoms with Crippen molar-refractivity contribution >= 4 is 43.5 Å². The van der Waals surface area contributed by atoms with Crippen molar-refractivity contribution in [3.05, 3.63) is 125 Å². The number of carbonyl (C=O) groups is 2. The van der Waals surface area contributed by atoms with Gasteiger partial charge in [0.05, 0.1) is 17.2 Å². The molecule has 8 nitrogen and oxygen atoms in total. The topological polar surface area (TPSA) is 96.0 Å². The Morgan fingerprint density at radius 1 is 0.851 bits per heavy atom. The van der Waals surface area contributed by atoms with Crippen molar-refractivity contribution in [3.8, 4) is 5.75 Å². The first-order valence-electron chi connectivity index (χ1n) is 15.9. The number of halogens is 1. The van der Waals surface area contributed by atoms with Crippen molar-refractivity contribution < 1.29 is 22.7 Å². The van der Waals surface area contributed by atoms with E-state index in [1.165, 1.54) is 17.0 Å². The number of rotatable bonds is 14. The second-order valence-corrected chi connectivity index (χ2v) is 14.4. The summed E-state index contributed by atoms with van der Waals surface area (Å²) in [6.45, 7) is 1.94. The molecule has 246 valence electrons. The second kappa shape index (κ2) is 16.1. The molecule has 5 rings (SSSR count). The molecule has 0 bridgehead atoms. The van der Waals surface area contributed by atoms with Gasteiger partial charge in [0.1, 0.15) is 18.3 Å². The molecule has 0 aliphatic heterocycles. The molecule has 10 heteroatoms. The minimum atomic E-state index is -4.20. The van der Waals surface area contributed by atoms with Crippen LogP contribution < -0.4 is 14.4 Å². The number of nitrogens with one attached hydrogen (secondary N) is 1. The van der Waals surface area contributed by atoms with Gasteiger partial charge in [0, 0.05) is 23.5 Å². The number of ether oxygens (including phenoxy) is 1. The third-order valence-corrected chi connectivity index (χ3v) is 10.6. The third-order valence-electron chi connectivity index (χ3n) is 8.28. The first-order valence-corrected chi connectivity index (χ1v) is 18.2. The smallest absolute Gasteiger partial charge is 0.264 e. The molecule has 0 saturated heterocycles. The van der Waals surface area contributed by atoms with Crippen LogP contribution in [0.4, 0.5) is 5.69 Å². The fraction of sp³-hybridized carbons (Fsp3) is 0.297. The van der Waals surface area contributed by atoms with Crippen LogP contribution in [-0.4, -0.2) is 50.4 Å². The lowest BCUT2D eigenvalue weighted by Crippen LogP contribution is -2.54. The molecule has 1 saturated carbocycles. The highest BCUT2D eigenvalue weighted by molar-refractivity contribution is 9.10. The van der Waals surface area contributed by atoms with E-state index in [0.29, 0.717) is 18.0 Å². The van der Waals surface area contributed by atoms with E-state index in [-0.39, 0.29) is 29.8 Å². The summed E-state index contributed by atoms with van der Waals surface area (Å²) in [5.41, 5.74) is 2.03. The number of carbonyl (C=O) groups excluding carboxylic acids is 2. The van der Waals surface area contributed by atoms with Gasteiger partial charge in [-0.15, -0.1) is 0 Å². The maximum atomic E-state index is 14.6. The summed E-state index contributed by atoms with van der Waals surface area (Å²) in [5, 5.41) is 3.20. The SMILES string of the molecule is CCOc1ccc(N(CC(=O)N(Cc2ccccc2)[C@H](Cc2ccccc2)C(=O)NC2CCCC2)S(=O)(=O)c2ccc(Br)cc2)cc1. The van der Waals surface area contributed by atoms with Crippen molar-refractivity contribution in [2.45, 2.75) is 62.6 Å². The van der Waals surface area contributed by atoms with Gasteiger partial charge in [0.15, 0.2) is 0 Å². The van der Waals surface area contributed by atoms with Gasteiger partial charge in [-0.3, -0.25) is 13.9 Å². The van der Waals surface area contributed by atoms with Crippen LogP contribution in [0.2, 0.25) is 0 Å². The summed E-state index contributed by atoms with van der Waals surface area (Å²) in [7, 11) is -4.20. The number of anilines is 1. The molecule has 1 aliphatic carbocycles. The van der Waals surface area contributed by atoms with Crippen LogP contribution in [-0.2, 0) is 32.6 Å². The van der Waals surface area contributed by atoms with Crippen LogP contribution in [0.15, 0.2) is 119 Å². The number of nitrogens with zero attached hydrogens (tertiary/aromatic N) is 2. The summed E-state index contributed by atoms with van der Waals surface area (Å²) < 4.78 is 35.9. The van der Waals surface area contributed by atoms with Gasteiger partial charge >= 0.3 is 0 Å². The van der Waals surface area contributed by atoms with E-state index < -0.39 is 28.5 Å². The molecule has 4 aromatic rings. The van der Waals surface area contributed by atoms with Crippen LogP contribution in [0.1, 0.15) is 43.7 Å². The Balaban J connectivity index is 1.55. The highest BCUT2D eigenvalue weighted by Gasteiger charge is 2.35. The molecule has 4 aromatic carbocycles. The van der Waals surface area contributed by atoms with Gasteiger partial charge in [0.2, 0.25) is 11.8 Å². The van der Waals surface area contributed by atoms with Crippen molar-refractivity contribution in [1.82, 2.24) is 10.2 Å². The van der Waals surface area contributed by atoms with Crippen LogP contribution >= 0.6 is 15.9 Å². The van der Waals surface area contributed by atoms with Gasteiger partial charge in [-0.2, -0.15) is 0 Å². The molecule has 0 aromatic heterocycles. The zero-order valence-electron chi connectivity index (χ0n) is 26.4. The maximum Gasteiger partial charge on any atom is 0.264 e. The number of amides is 2. The van der Waals surface area contributed by atoms with Crippen molar-refractivity contribution in [3.63, 3.8) is 0 Å². The van der Waals surface area contributed by atoms with Gasteiger partial charge in [-0.05, 0) is 79.4 Å². The molecule has 0 heterocycles. The Morgan fingerprint density at radius 3 is 2.04 bits per heavy atom. The van der Waals surface area contributed by atoms with Crippen LogP contribution in [0.25, 0.3) is 0 Å². The first kappa shape index (κ1) is 34.2. The average molecular weight is 719 g/mol. The zero-order valence-corrected chi connectivity index (χ0v) is 28.8. The molecule has 0 spiro atoms. The fourth-order valence-electron chi connectivity index (χ4n) is 5.84. The van der Waals surface area contributed by atoms with E-state index in [9.17, 15) is 18.0 Å². The van der Waals surface area contributed by atoms with E-state index in [1.54, 1.807) is 36.4 Å². The van der Waals surface area contributed by atoms with Gasteiger partial charge in [0.25, 0.3) is 10.0 Å². The molecule has 1 atom stereocenters. The highest BCUT2D eigenvalue weighted by atomic mass is 79.9. The Morgan fingerprint density at radius 2 is 1.45 bits per heavy atom. The van der Waals surface area contributed by atoms with Gasteiger partial charge < -0.3 is 15.0 Å². The van der Waals surface area contributed by atoms with E-state index in [2.05, 4.69) is 21.2 Å². The Bertz CT molecular complexity index is 1710.